The van der Waals surface area contributed by atoms with E-state index in [1.54, 1.807) is 36.3 Å². The summed E-state index contributed by atoms with van der Waals surface area (Å²) in [6.07, 6.45) is 1.83. The van der Waals surface area contributed by atoms with E-state index in [-0.39, 0.29) is 10.8 Å². The van der Waals surface area contributed by atoms with Crippen molar-refractivity contribution >= 4 is 21.6 Å². The van der Waals surface area contributed by atoms with Crippen LogP contribution in [0.25, 0.3) is 0 Å². The van der Waals surface area contributed by atoms with Gasteiger partial charge >= 0.3 is 0 Å². The summed E-state index contributed by atoms with van der Waals surface area (Å²) < 4.78 is 40.7. The first-order valence-corrected chi connectivity index (χ1v) is 11.9. The second-order valence-corrected chi connectivity index (χ2v) is 10.5. The number of hydrogen-bond donors (Lipinski definition) is 1. The summed E-state index contributed by atoms with van der Waals surface area (Å²) in [5.74, 6) is 1.36. The van der Waals surface area contributed by atoms with Crippen LogP contribution < -0.4 is 19.1 Å². The Bertz CT molecular complexity index is 1130. The molecule has 2 heterocycles. The van der Waals surface area contributed by atoms with Crippen LogP contribution in [0.4, 0.5) is 5.69 Å². The van der Waals surface area contributed by atoms with E-state index in [1.807, 2.05) is 32.9 Å². The van der Waals surface area contributed by atoms with Crippen LogP contribution >= 0.6 is 0 Å². The standard InChI is InChI=1S/C23H28N2O5S/c1-15-12-17(8-9-20(15)25-11-5-6-22(25)26)31(27,28)24-19-14-23(2,3)30-21-10-7-16(29-4)13-18(19)21/h7-10,12-13,19,24H,5-6,11,14H2,1-4H3/t19-/m1/s1. The Kier molecular flexibility index (Phi) is 5.47. The molecule has 7 nitrogen and oxygen atoms in total. The van der Waals surface area contributed by atoms with Crippen molar-refractivity contribution in [3.63, 3.8) is 0 Å². The fourth-order valence-electron chi connectivity index (χ4n) is 4.32. The molecule has 0 unspecified atom stereocenters. The van der Waals surface area contributed by atoms with Crippen LogP contribution in [0.5, 0.6) is 11.5 Å². The zero-order chi connectivity index (χ0) is 22.4. The van der Waals surface area contributed by atoms with Gasteiger partial charge in [0.1, 0.15) is 17.1 Å². The van der Waals surface area contributed by atoms with E-state index in [0.717, 1.165) is 23.2 Å². The van der Waals surface area contributed by atoms with E-state index in [1.165, 1.54) is 0 Å². The smallest absolute Gasteiger partial charge is 0.241 e. The predicted octanol–water partition coefficient (Wildman–Crippen LogP) is 3.71. The first kappa shape index (κ1) is 21.6. The number of carbonyl (C=O) groups is 1. The van der Waals surface area contributed by atoms with E-state index in [2.05, 4.69) is 4.72 Å². The van der Waals surface area contributed by atoms with E-state index >= 15 is 0 Å². The first-order valence-electron chi connectivity index (χ1n) is 10.4. The average Bonchev–Trinajstić information content (AvgIpc) is 3.12. The number of nitrogens with one attached hydrogen (secondary N) is 1. The molecule has 2 aromatic carbocycles. The Morgan fingerprint density at radius 1 is 1.19 bits per heavy atom. The zero-order valence-electron chi connectivity index (χ0n) is 18.3. The number of amides is 1. The molecule has 0 spiro atoms. The molecule has 0 radical (unpaired) electrons. The molecule has 2 aromatic rings. The number of hydrogen-bond acceptors (Lipinski definition) is 5. The van der Waals surface area contributed by atoms with Crippen molar-refractivity contribution in [3.05, 3.63) is 47.5 Å². The lowest BCUT2D eigenvalue weighted by atomic mass is 9.90. The molecule has 4 rings (SSSR count). The van der Waals surface area contributed by atoms with E-state index in [0.29, 0.717) is 30.9 Å². The van der Waals surface area contributed by atoms with Gasteiger partial charge in [-0.25, -0.2) is 13.1 Å². The Labute approximate surface area is 183 Å². The van der Waals surface area contributed by atoms with Gasteiger partial charge in [0.2, 0.25) is 15.9 Å². The quantitative estimate of drug-likeness (QED) is 0.760. The van der Waals surface area contributed by atoms with E-state index in [4.69, 9.17) is 9.47 Å². The highest BCUT2D eigenvalue weighted by molar-refractivity contribution is 7.89. The van der Waals surface area contributed by atoms with E-state index in [9.17, 15) is 13.2 Å². The van der Waals surface area contributed by atoms with Crippen molar-refractivity contribution < 1.29 is 22.7 Å². The Hall–Kier alpha value is -2.58. The van der Waals surface area contributed by atoms with Gasteiger partial charge < -0.3 is 14.4 Å². The van der Waals surface area contributed by atoms with Crippen LogP contribution in [0.2, 0.25) is 0 Å². The van der Waals surface area contributed by atoms with Crippen molar-refractivity contribution in [2.24, 2.45) is 0 Å². The lowest BCUT2D eigenvalue weighted by molar-refractivity contribution is -0.117. The van der Waals surface area contributed by atoms with Gasteiger partial charge in [0.15, 0.2) is 0 Å². The largest absolute Gasteiger partial charge is 0.497 e. The fraction of sp³-hybridized carbons (Fsp3) is 0.435. The molecular formula is C23H28N2O5S. The molecule has 2 aliphatic rings. The summed E-state index contributed by atoms with van der Waals surface area (Å²) in [6, 6.07) is 9.87. The number of nitrogens with zero attached hydrogens (tertiary/aromatic N) is 1. The Morgan fingerprint density at radius 3 is 2.61 bits per heavy atom. The average molecular weight is 445 g/mol. The van der Waals surface area contributed by atoms with E-state index < -0.39 is 21.7 Å². The number of ether oxygens (including phenoxy) is 2. The van der Waals surface area contributed by atoms with Crippen LogP contribution in [-0.2, 0) is 14.8 Å². The lowest BCUT2D eigenvalue weighted by Crippen LogP contribution is -2.41. The maximum Gasteiger partial charge on any atom is 0.241 e. The van der Waals surface area contributed by atoms with Gasteiger partial charge in [-0.3, -0.25) is 4.79 Å². The van der Waals surface area contributed by atoms with Crippen molar-refractivity contribution in [2.45, 2.75) is 56.6 Å². The molecule has 1 fully saturated rings. The maximum absolute atomic E-state index is 13.3. The number of rotatable bonds is 5. The number of carbonyl (C=O) groups excluding carboxylic acids is 1. The highest BCUT2D eigenvalue weighted by Crippen LogP contribution is 2.42. The zero-order valence-corrected chi connectivity index (χ0v) is 19.1. The molecule has 8 heteroatoms. The fourth-order valence-corrected chi connectivity index (χ4v) is 5.62. The maximum atomic E-state index is 13.3. The number of aryl methyl sites for hydroxylation is 1. The molecule has 1 atom stereocenters. The third kappa shape index (κ3) is 4.27. The van der Waals surface area contributed by atoms with Gasteiger partial charge in [-0.15, -0.1) is 0 Å². The SMILES string of the molecule is COc1ccc2c(c1)[C@H](NS(=O)(=O)c1ccc(N3CCCC3=O)c(C)c1)CC(C)(C)O2. The number of sulfonamides is 1. The monoisotopic (exact) mass is 444 g/mol. The second-order valence-electron chi connectivity index (χ2n) is 8.74. The Balaban J connectivity index is 1.64. The van der Waals surface area contributed by atoms with Gasteiger partial charge in [0.25, 0.3) is 0 Å². The summed E-state index contributed by atoms with van der Waals surface area (Å²) >= 11 is 0. The molecular weight excluding hydrogens is 416 g/mol. The normalized spacial score (nSPS) is 20.3. The minimum atomic E-state index is -3.80. The summed E-state index contributed by atoms with van der Waals surface area (Å²) in [6.45, 7) is 6.37. The first-order chi connectivity index (χ1) is 14.6. The molecule has 31 heavy (non-hydrogen) atoms. The summed E-state index contributed by atoms with van der Waals surface area (Å²) in [7, 11) is -2.23. The third-order valence-corrected chi connectivity index (χ3v) is 7.28. The molecule has 2 aliphatic heterocycles. The molecule has 0 saturated carbocycles. The molecule has 1 N–H and O–H groups in total. The third-order valence-electron chi connectivity index (χ3n) is 5.81. The van der Waals surface area contributed by atoms with Crippen LogP contribution in [0.3, 0.4) is 0 Å². The van der Waals surface area contributed by atoms with Crippen LogP contribution in [0.15, 0.2) is 41.3 Å². The molecule has 1 amide bonds. The molecule has 166 valence electrons. The molecule has 0 aromatic heterocycles. The molecule has 0 aliphatic carbocycles. The van der Waals surface area contributed by atoms with Crippen molar-refractivity contribution in [3.8, 4) is 11.5 Å². The number of fused-ring (bicyclic) bond motifs is 1. The number of benzene rings is 2. The van der Waals surface area contributed by atoms with Crippen LogP contribution in [-0.4, -0.2) is 33.6 Å². The second kappa shape index (κ2) is 7.84. The van der Waals surface area contributed by atoms with Crippen LogP contribution in [0.1, 0.15) is 50.3 Å². The summed E-state index contributed by atoms with van der Waals surface area (Å²) in [4.78, 5) is 14.0. The van der Waals surface area contributed by atoms with Crippen molar-refractivity contribution in [1.29, 1.82) is 0 Å². The molecule has 1 saturated heterocycles. The van der Waals surface area contributed by atoms with Gasteiger partial charge in [-0.05, 0) is 69.2 Å². The summed E-state index contributed by atoms with van der Waals surface area (Å²) in [5, 5.41) is 0. The minimum Gasteiger partial charge on any atom is -0.497 e. The van der Waals surface area contributed by atoms with Gasteiger partial charge in [0.05, 0.1) is 18.0 Å². The van der Waals surface area contributed by atoms with Crippen LogP contribution in [0, 0.1) is 6.92 Å². The lowest BCUT2D eigenvalue weighted by Gasteiger charge is -2.37. The summed E-state index contributed by atoms with van der Waals surface area (Å²) in [5.41, 5.74) is 1.75. The number of methoxy groups -OCH3 is 1. The predicted molar refractivity (Wildman–Crippen MR) is 118 cm³/mol. The van der Waals surface area contributed by atoms with Gasteiger partial charge in [0, 0.05) is 30.6 Å². The Morgan fingerprint density at radius 2 is 1.97 bits per heavy atom. The highest BCUT2D eigenvalue weighted by Gasteiger charge is 2.36. The van der Waals surface area contributed by atoms with Gasteiger partial charge in [-0.2, -0.15) is 0 Å². The topological polar surface area (TPSA) is 84.9 Å². The number of anilines is 1. The molecule has 0 bridgehead atoms. The van der Waals surface area contributed by atoms with Crippen molar-refractivity contribution in [1.82, 2.24) is 4.72 Å². The highest BCUT2D eigenvalue weighted by atomic mass is 32.2. The van der Waals surface area contributed by atoms with Gasteiger partial charge in [-0.1, -0.05) is 0 Å². The van der Waals surface area contributed by atoms with Crippen molar-refractivity contribution in [2.75, 3.05) is 18.6 Å². The minimum absolute atomic E-state index is 0.0758.